The van der Waals surface area contributed by atoms with Gasteiger partial charge in [-0.2, -0.15) is 5.10 Å². The highest BCUT2D eigenvalue weighted by molar-refractivity contribution is 9.10. The number of aromatic nitrogens is 3. The summed E-state index contributed by atoms with van der Waals surface area (Å²) in [4.78, 5) is 4.38. The van der Waals surface area contributed by atoms with E-state index in [1.165, 1.54) is 0 Å². The predicted octanol–water partition coefficient (Wildman–Crippen LogP) is 2.42. The van der Waals surface area contributed by atoms with E-state index >= 15 is 0 Å². The molecule has 0 atom stereocenters. The Morgan fingerprint density at radius 3 is 3.06 bits per heavy atom. The molecule has 2 heterocycles. The predicted molar refractivity (Wildman–Crippen MR) is 67.5 cm³/mol. The van der Waals surface area contributed by atoms with E-state index in [-0.39, 0.29) is 0 Å². The number of nitrogens with zero attached hydrogens (tertiary/aromatic N) is 3. The highest BCUT2D eigenvalue weighted by atomic mass is 79.9. The fourth-order valence-electron chi connectivity index (χ4n) is 1.62. The van der Waals surface area contributed by atoms with Gasteiger partial charge in [0.25, 0.3) is 0 Å². The molecule has 0 aliphatic rings. The topological polar surface area (TPSA) is 69.9 Å². The van der Waals surface area contributed by atoms with Crippen molar-refractivity contribution in [1.82, 2.24) is 14.8 Å². The number of benzene rings is 1. The molecule has 0 saturated carbocycles. The van der Waals surface area contributed by atoms with Crippen LogP contribution in [0.15, 0.2) is 39.5 Å². The maximum atomic E-state index is 5.60. The van der Waals surface area contributed by atoms with Crippen LogP contribution in [0.25, 0.3) is 11.1 Å². The molecule has 17 heavy (non-hydrogen) atoms. The van der Waals surface area contributed by atoms with Crippen LogP contribution in [0.2, 0.25) is 0 Å². The van der Waals surface area contributed by atoms with E-state index in [2.05, 4.69) is 26.0 Å². The van der Waals surface area contributed by atoms with Crippen molar-refractivity contribution in [3.05, 3.63) is 41.0 Å². The van der Waals surface area contributed by atoms with E-state index in [0.717, 1.165) is 15.6 Å². The Balaban J connectivity index is 1.95. The van der Waals surface area contributed by atoms with Gasteiger partial charge in [0.1, 0.15) is 12.1 Å². The first-order chi connectivity index (χ1) is 8.20. The summed E-state index contributed by atoms with van der Waals surface area (Å²) in [6, 6.07) is 5.72. The van der Waals surface area contributed by atoms with E-state index in [9.17, 15) is 0 Å². The van der Waals surface area contributed by atoms with Crippen LogP contribution in [-0.4, -0.2) is 14.8 Å². The lowest BCUT2D eigenvalue weighted by Gasteiger charge is -1.94. The molecule has 0 radical (unpaired) electrons. The number of rotatable bonds is 2. The number of hydrogen-bond acceptors (Lipinski definition) is 4. The van der Waals surface area contributed by atoms with Crippen LogP contribution >= 0.6 is 15.9 Å². The van der Waals surface area contributed by atoms with Gasteiger partial charge < -0.3 is 10.2 Å². The summed E-state index contributed by atoms with van der Waals surface area (Å²) in [5, 5.41) is 4.08. The molecule has 86 valence electrons. The van der Waals surface area contributed by atoms with Gasteiger partial charge in [-0.15, -0.1) is 0 Å². The first kappa shape index (κ1) is 10.3. The SMILES string of the molecule is Nc1cnn(Cc2nc3cc(Br)ccc3o2)c1. The van der Waals surface area contributed by atoms with Gasteiger partial charge in [0.05, 0.1) is 11.9 Å². The Hall–Kier alpha value is -1.82. The third-order valence-electron chi connectivity index (χ3n) is 2.34. The lowest BCUT2D eigenvalue weighted by Crippen LogP contribution is -1.99. The Bertz CT molecular complexity index is 673. The van der Waals surface area contributed by atoms with Crippen molar-refractivity contribution < 1.29 is 4.42 Å². The first-order valence-corrected chi connectivity index (χ1v) is 5.83. The van der Waals surface area contributed by atoms with E-state index in [4.69, 9.17) is 10.2 Å². The van der Waals surface area contributed by atoms with Gasteiger partial charge in [-0.25, -0.2) is 4.98 Å². The van der Waals surface area contributed by atoms with Gasteiger partial charge in [0.2, 0.25) is 5.89 Å². The minimum atomic E-state index is 0.476. The summed E-state index contributed by atoms with van der Waals surface area (Å²) < 4.78 is 8.27. The molecule has 0 fully saturated rings. The largest absolute Gasteiger partial charge is 0.439 e. The van der Waals surface area contributed by atoms with Gasteiger partial charge in [-0.3, -0.25) is 4.68 Å². The molecule has 0 amide bonds. The monoisotopic (exact) mass is 292 g/mol. The van der Waals surface area contributed by atoms with Gasteiger partial charge in [-0.1, -0.05) is 15.9 Å². The quantitative estimate of drug-likeness (QED) is 0.787. The van der Waals surface area contributed by atoms with Gasteiger partial charge in [0.15, 0.2) is 5.58 Å². The third kappa shape index (κ3) is 2.03. The van der Waals surface area contributed by atoms with Gasteiger partial charge in [0, 0.05) is 10.7 Å². The van der Waals surface area contributed by atoms with Crippen LogP contribution in [0.4, 0.5) is 5.69 Å². The molecule has 0 aliphatic carbocycles. The smallest absolute Gasteiger partial charge is 0.217 e. The molecule has 2 aromatic heterocycles. The zero-order valence-corrected chi connectivity index (χ0v) is 10.4. The van der Waals surface area contributed by atoms with Crippen LogP contribution in [-0.2, 0) is 6.54 Å². The molecule has 6 heteroatoms. The van der Waals surface area contributed by atoms with Crippen molar-refractivity contribution in [2.75, 3.05) is 5.73 Å². The second-order valence-corrected chi connectivity index (χ2v) is 4.61. The Labute approximate surface area is 105 Å². The first-order valence-electron chi connectivity index (χ1n) is 5.03. The highest BCUT2D eigenvalue weighted by Crippen LogP contribution is 2.20. The van der Waals surface area contributed by atoms with Crippen molar-refractivity contribution in [3.63, 3.8) is 0 Å². The average molecular weight is 293 g/mol. The summed E-state index contributed by atoms with van der Waals surface area (Å²) in [6.45, 7) is 0.476. The second-order valence-electron chi connectivity index (χ2n) is 3.69. The van der Waals surface area contributed by atoms with Crippen LogP contribution in [0.5, 0.6) is 0 Å². The summed E-state index contributed by atoms with van der Waals surface area (Å²) in [7, 11) is 0. The molecule has 1 aromatic carbocycles. The lowest BCUT2D eigenvalue weighted by atomic mass is 10.3. The molecule has 0 saturated heterocycles. The molecular weight excluding hydrogens is 284 g/mol. The highest BCUT2D eigenvalue weighted by Gasteiger charge is 2.07. The normalized spacial score (nSPS) is 11.1. The Morgan fingerprint density at radius 1 is 1.41 bits per heavy atom. The fourth-order valence-corrected chi connectivity index (χ4v) is 1.97. The maximum absolute atomic E-state index is 5.60. The minimum Gasteiger partial charge on any atom is -0.439 e. The number of nitrogen functional groups attached to an aromatic ring is 1. The molecule has 0 bridgehead atoms. The van der Waals surface area contributed by atoms with Crippen molar-refractivity contribution in [1.29, 1.82) is 0 Å². The Morgan fingerprint density at radius 2 is 2.29 bits per heavy atom. The number of nitrogens with two attached hydrogens (primary N) is 1. The molecular formula is C11H9BrN4O. The number of fused-ring (bicyclic) bond motifs is 1. The Kier molecular flexibility index (Phi) is 2.36. The minimum absolute atomic E-state index is 0.476. The van der Waals surface area contributed by atoms with E-state index in [0.29, 0.717) is 18.1 Å². The molecule has 0 unspecified atom stereocenters. The number of halogens is 1. The van der Waals surface area contributed by atoms with Crippen LogP contribution < -0.4 is 5.73 Å². The maximum Gasteiger partial charge on any atom is 0.217 e. The van der Waals surface area contributed by atoms with Crippen molar-refractivity contribution in [3.8, 4) is 0 Å². The van der Waals surface area contributed by atoms with Crippen LogP contribution in [0.1, 0.15) is 5.89 Å². The number of anilines is 1. The molecule has 5 nitrogen and oxygen atoms in total. The van der Waals surface area contributed by atoms with Crippen LogP contribution in [0.3, 0.4) is 0 Å². The average Bonchev–Trinajstić information content (AvgIpc) is 2.84. The van der Waals surface area contributed by atoms with Crippen molar-refractivity contribution in [2.45, 2.75) is 6.54 Å². The van der Waals surface area contributed by atoms with E-state index < -0.39 is 0 Å². The summed E-state index contributed by atoms with van der Waals surface area (Å²) in [5.74, 6) is 0.612. The van der Waals surface area contributed by atoms with E-state index in [1.54, 1.807) is 17.1 Å². The fraction of sp³-hybridized carbons (Fsp3) is 0.0909. The number of oxazole rings is 1. The lowest BCUT2D eigenvalue weighted by molar-refractivity contribution is 0.491. The summed E-state index contributed by atoms with van der Waals surface area (Å²) in [5.41, 5.74) is 7.81. The zero-order chi connectivity index (χ0) is 11.8. The molecule has 3 aromatic rings. The molecule has 2 N–H and O–H groups in total. The van der Waals surface area contributed by atoms with E-state index in [1.807, 2.05) is 18.2 Å². The van der Waals surface area contributed by atoms with Crippen molar-refractivity contribution >= 4 is 32.7 Å². The summed E-state index contributed by atoms with van der Waals surface area (Å²) in [6.07, 6.45) is 3.34. The van der Waals surface area contributed by atoms with Crippen LogP contribution in [0, 0.1) is 0 Å². The second kappa shape index (κ2) is 3.89. The van der Waals surface area contributed by atoms with Gasteiger partial charge in [-0.05, 0) is 18.2 Å². The standard InChI is InChI=1S/C11H9BrN4O/c12-7-1-2-10-9(3-7)15-11(17-10)6-16-5-8(13)4-14-16/h1-5H,6,13H2. The van der Waals surface area contributed by atoms with Crippen molar-refractivity contribution in [2.24, 2.45) is 0 Å². The van der Waals surface area contributed by atoms with Gasteiger partial charge >= 0.3 is 0 Å². The third-order valence-corrected chi connectivity index (χ3v) is 2.84. The molecule has 3 rings (SSSR count). The summed E-state index contributed by atoms with van der Waals surface area (Å²) >= 11 is 3.40. The number of hydrogen-bond donors (Lipinski definition) is 1. The zero-order valence-electron chi connectivity index (χ0n) is 8.80. The molecule has 0 spiro atoms. The molecule has 0 aliphatic heterocycles.